The second-order valence-corrected chi connectivity index (χ2v) is 3.91. The molecule has 14 heavy (non-hydrogen) atoms. The van der Waals surface area contributed by atoms with Gasteiger partial charge in [0.1, 0.15) is 0 Å². The summed E-state index contributed by atoms with van der Waals surface area (Å²) < 4.78 is 0. The number of pyridine rings is 1. The molecule has 2 nitrogen and oxygen atoms in total. The predicted molar refractivity (Wildman–Crippen MR) is 58.8 cm³/mol. The van der Waals surface area contributed by atoms with E-state index in [2.05, 4.69) is 29.9 Å². The molecule has 2 rings (SSSR count). The smallest absolute Gasteiger partial charge is 0.0658 e. The van der Waals surface area contributed by atoms with E-state index in [4.69, 9.17) is 0 Å². The summed E-state index contributed by atoms with van der Waals surface area (Å²) in [5.74, 6) is 0. The average Bonchev–Trinajstić information content (AvgIpc) is 2.28. The van der Waals surface area contributed by atoms with Crippen LogP contribution >= 0.6 is 0 Å². The maximum atomic E-state index is 4.67. The maximum Gasteiger partial charge on any atom is 0.0658 e. The fourth-order valence-electron chi connectivity index (χ4n) is 1.96. The molecule has 0 N–H and O–H groups in total. The van der Waals surface area contributed by atoms with Crippen molar-refractivity contribution < 1.29 is 0 Å². The minimum absolute atomic E-state index is 0.112. The van der Waals surface area contributed by atoms with Crippen molar-refractivity contribution in [2.45, 2.75) is 38.6 Å². The van der Waals surface area contributed by atoms with Gasteiger partial charge in [-0.05, 0) is 18.9 Å². The van der Waals surface area contributed by atoms with Crippen LogP contribution in [0.2, 0.25) is 0 Å². The Morgan fingerprint density at radius 2 is 2.14 bits per heavy atom. The van der Waals surface area contributed by atoms with E-state index in [9.17, 15) is 0 Å². The van der Waals surface area contributed by atoms with E-state index in [-0.39, 0.29) is 5.54 Å². The molecule has 0 atom stereocenters. The summed E-state index contributed by atoms with van der Waals surface area (Å²) in [7, 11) is 0. The van der Waals surface area contributed by atoms with Gasteiger partial charge in [-0.1, -0.05) is 19.9 Å². The lowest BCUT2D eigenvalue weighted by Crippen LogP contribution is -2.31. The van der Waals surface area contributed by atoms with Crippen molar-refractivity contribution >= 4 is 6.21 Å². The Morgan fingerprint density at radius 1 is 1.36 bits per heavy atom. The summed E-state index contributed by atoms with van der Waals surface area (Å²) >= 11 is 0. The second-order valence-electron chi connectivity index (χ2n) is 3.91. The normalized spacial score (nSPS) is 17.9. The van der Waals surface area contributed by atoms with Gasteiger partial charge in [-0.25, -0.2) is 0 Å². The van der Waals surface area contributed by atoms with Gasteiger partial charge in [0.05, 0.1) is 11.2 Å². The number of hydrogen-bond donors (Lipinski definition) is 0. The van der Waals surface area contributed by atoms with E-state index in [1.807, 2.05) is 18.5 Å². The first-order chi connectivity index (χ1) is 6.79. The highest BCUT2D eigenvalue weighted by atomic mass is 14.9. The Kier molecular flexibility index (Phi) is 2.36. The van der Waals surface area contributed by atoms with Crippen LogP contribution in [0.4, 0.5) is 0 Å². The number of aromatic nitrogens is 1. The third-order valence-corrected chi connectivity index (χ3v) is 3.22. The summed E-state index contributed by atoms with van der Waals surface area (Å²) in [6.45, 7) is 4.41. The van der Waals surface area contributed by atoms with Crippen molar-refractivity contribution in [1.29, 1.82) is 0 Å². The summed E-state index contributed by atoms with van der Waals surface area (Å²) in [5.41, 5.74) is 2.50. The fourth-order valence-corrected chi connectivity index (χ4v) is 1.96. The number of nitrogens with zero attached hydrogens (tertiary/aromatic N) is 2. The quantitative estimate of drug-likeness (QED) is 0.700. The molecule has 0 saturated carbocycles. The third kappa shape index (κ3) is 1.45. The molecular formula is C12H16N2. The van der Waals surface area contributed by atoms with Gasteiger partial charge in [-0.3, -0.25) is 9.98 Å². The van der Waals surface area contributed by atoms with Crippen LogP contribution < -0.4 is 0 Å². The first-order valence-electron chi connectivity index (χ1n) is 5.29. The van der Waals surface area contributed by atoms with Crippen LogP contribution in [0, 0.1) is 0 Å². The summed E-state index contributed by atoms with van der Waals surface area (Å²) in [6.07, 6.45) is 7.03. The van der Waals surface area contributed by atoms with Crippen molar-refractivity contribution in [1.82, 2.24) is 4.98 Å². The van der Waals surface area contributed by atoms with Gasteiger partial charge in [0.15, 0.2) is 0 Å². The molecule has 1 aliphatic heterocycles. The molecule has 2 heterocycles. The standard InChI is InChI=1S/C12H16N2/c1-3-12(4-2)8-11-10(9-14-12)6-5-7-13-11/h5-7,9H,3-4,8H2,1-2H3. The zero-order valence-corrected chi connectivity index (χ0v) is 8.83. The van der Waals surface area contributed by atoms with E-state index in [1.165, 1.54) is 11.3 Å². The van der Waals surface area contributed by atoms with Crippen molar-refractivity contribution in [3.8, 4) is 0 Å². The SMILES string of the molecule is CCC1(CC)Cc2ncccc2C=N1. The highest BCUT2D eigenvalue weighted by molar-refractivity contribution is 5.82. The molecule has 0 saturated heterocycles. The molecule has 2 heteroatoms. The van der Waals surface area contributed by atoms with Crippen molar-refractivity contribution in [3.05, 3.63) is 29.6 Å². The van der Waals surface area contributed by atoms with E-state index in [1.54, 1.807) is 0 Å². The molecule has 0 amide bonds. The molecule has 74 valence electrons. The summed E-state index contributed by atoms with van der Waals surface area (Å²) in [5, 5.41) is 0. The zero-order valence-electron chi connectivity index (χ0n) is 8.83. The fraction of sp³-hybridized carbons (Fsp3) is 0.500. The third-order valence-electron chi connectivity index (χ3n) is 3.22. The molecule has 0 fully saturated rings. The lowest BCUT2D eigenvalue weighted by molar-refractivity contribution is 0.390. The largest absolute Gasteiger partial charge is 0.285 e. The van der Waals surface area contributed by atoms with Gasteiger partial charge >= 0.3 is 0 Å². The molecule has 0 aliphatic carbocycles. The van der Waals surface area contributed by atoms with Gasteiger partial charge in [-0.2, -0.15) is 0 Å². The zero-order chi connectivity index (χ0) is 10.0. The average molecular weight is 188 g/mol. The van der Waals surface area contributed by atoms with Crippen LogP contribution in [0.25, 0.3) is 0 Å². The lowest BCUT2D eigenvalue weighted by atomic mass is 9.85. The minimum atomic E-state index is 0.112. The maximum absolute atomic E-state index is 4.67. The van der Waals surface area contributed by atoms with Crippen LogP contribution in [-0.2, 0) is 6.42 Å². The van der Waals surface area contributed by atoms with E-state index < -0.39 is 0 Å². The number of aliphatic imine (C=N–C) groups is 1. The van der Waals surface area contributed by atoms with Gasteiger partial charge in [0, 0.05) is 24.4 Å². The topological polar surface area (TPSA) is 25.2 Å². The van der Waals surface area contributed by atoms with Crippen LogP contribution in [-0.4, -0.2) is 16.7 Å². The number of fused-ring (bicyclic) bond motifs is 1. The first kappa shape index (κ1) is 9.38. The highest BCUT2D eigenvalue weighted by Gasteiger charge is 2.29. The summed E-state index contributed by atoms with van der Waals surface area (Å²) in [4.78, 5) is 9.09. The van der Waals surface area contributed by atoms with Crippen molar-refractivity contribution in [2.24, 2.45) is 4.99 Å². The molecule has 1 aliphatic rings. The van der Waals surface area contributed by atoms with E-state index >= 15 is 0 Å². The predicted octanol–water partition coefficient (Wildman–Crippen LogP) is 2.62. The van der Waals surface area contributed by atoms with Gasteiger partial charge < -0.3 is 0 Å². The van der Waals surface area contributed by atoms with Crippen LogP contribution in [0.1, 0.15) is 37.9 Å². The Hall–Kier alpha value is -1.18. The second kappa shape index (κ2) is 3.52. The number of hydrogen-bond acceptors (Lipinski definition) is 2. The van der Waals surface area contributed by atoms with Crippen molar-refractivity contribution in [2.75, 3.05) is 0 Å². The lowest BCUT2D eigenvalue weighted by Gasteiger charge is -2.30. The molecule has 0 spiro atoms. The highest BCUT2D eigenvalue weighted by Crippen LogP contribution is 2.29. The minimum Gasteiger partial charge on any atom is -0.285 e. The Bertz CT molecular complexity index is 351. The van der Waals surface area contributed by atoms with E-state index in [0.29, 0.717) is 0 Å². The van der Waals surface area contributed by atoms with Gasteiger partial charge in [-0.15, -0.1) is 0 Å². The van der Waals surface area contributed by atoms with Crippen LogP contribution in [0.5, 0.6) is 0 Å². The molecule has 1 aromatic rings. The number of rotatable bonds is 2. The summed E-state index contributed by atoms with van der Waals surface area (Å²) in [6, 6.07) is 4.05. The Morgan fingerprint density at radius 3 is 2.86 bits per heavy atom. The molecular weight excluding hydrogens is 172 g/mol. The molecule has 0 unspecified atom stereocenters. The molecule has 0 aromatic carbocycles. The molecule has 0 bridgehead atoms. The van der Waals surface area contributed by atoms with Gasteiger partial charge in [0.25, 0.3) is 0 Å². The molecule has 1 aromatic heterocycles. The first-order valence-corrected chi connectivity index (χ1v) is 5.29. The Balaban J connectivity index is 2.37. The van der Waals surface area contributed by atoms with Crippen molar-refractivity contribution in [3.63, 3.8) is 0 Å². The van der Waals surface area contributed by atoms with Crippen LogP contribution in [0.3, 0.4) is 0 Å². The monoisotopic (exact) mass is 188 g/mol. The van der Waals surface area contributed by atoms with Gasteiger partial charge in [0.2, 0.25) is 0 Å². The van der Waals surface area contributed by atoms with E-state index in [0.717, 1.165) is 19.3 Å². The van der Waals surface area contributed by atoms with Crippen LogP contribution in [0.15, 0.2) is 23.3 Å². The Labute approximate surface area is 85.1 Å². The molecule has 0 radical (unpaired) electrons.